The van der Waals surface area contributed by atoms with Crippen LogP contribution in [0.3, 0.4) is 0 Å². The lowest BCUT2D eigenvalue weighted by atomic mass is 10.3. The van der Waals surface area contributed by atoms with E-state index in [2.05, 4.69) is 4.98 Å². The Balaban J connectivity index is 2.11. The van der Waals surface area contributed by atoms with Gasteiger partial charge in [-0.05, 0) is 19.1 Å². The summed E-state index contributed by atoms with van der Waals surface area (Å²) in [6, 6.07) is 7.43. The second-order valence-electron chi connectivity index (χ2n) is 3.53. The molecule has 1 aromatic heterocycles. The summed E-state index contributed by atoms with van der Waals surface area (Å²) in [6.45, 7) is 2.02. The molecule has 0 saturated carbocycles. The number of carbonyl (C=O) groups is 1. The van der Waals surface area contributed by atoms with E-state index in [0.717, 1.165) is 5.69 Å². The average Bonchev–Trinajstić information content (AvgIpc) is 2.91. The molecule has 0 unspecified atom stereocenters. The third kappa shape index (κ3) is 2.88. The van der Waals surface area contributed by atoms with Crippen molar-refractivity contribution in [2.75, 3.05) is 13.2 Å². The topological polar surface area (TPSA) is 53.4 Å². The maximum atomic E-state index is 11.2. The lowest BCUT2D eigenvalue weighted by Gasteiger charge is -2.11. The molecule has 0 atom stereocenters. The Morgan fingerprint density at radius 3 is 2.94 bits per heavy atom. The molecule has 0 bridgehead atoms. The van der Waals surface area contributed by atoms with Gasteiger partial charge in [0.05, 0.1) is 18.6 Å². The average molecular weight is 246 g/mol. The molecule has 18 heavy (non-hydrogen) atoms. The minimum absolute atomic E-state index is 0.0977. The van der Waals surface area contributed by atoms with Crippen LogP contribution in [0.25, 0.3) is 5.69 Å². The van der Waals surface area contributed by atoms with Crippen LogP contribution in [0.15, 0.2) is 43.0 Å². The Hall–Kier alpha value is -2.30. The van der Waals surface area contributed by atoms with Gasteiger partial charge in [0, 0.05) is 12.4 Å². The number of benzene rings is 1. The third-order valence-corrected chi connectivity index (χ3v) is 2.30. The number of hydrogen-bond donors (Lipinski definition) is 0. The zero-order chi connectivity index (χ0) is 12.8. The summed E-state index contributed by atoms with van der Waals surface area (Å²) in [4.78, 5) is 15.2. The van der Waals surface area contributed by atoms with Crippen LogP contribution in [0, 0.1) is 0 Å². The van der Waals surface area contributed by atoms with E-state index in [4.69, 9.17) is 9.47 Å². The van der Waals surface area contributed by atoms with Crippen molar-refractivity contribution >= 4 is 5.97 Å². The standard InChI is InChI=1S/C13H14N2O3/c1-2-17-13(16)9-18-12-6-4-3-5-11(12)15-8-7-14-10-15/h3-8,10H,2,9H2,1H3. The van der Waals surface area contributed by atoms with Gasteiger partial charge in [0.2, 0.25) is 0 Å². The Bertz CT molecular complexity index is 509. The summed E-state index contributed by atoms with van der Waals surface area (Å²) in [5, 5.41) is 0. The fourth-order valence-electron chi connectivity index (χ4n) is 1.53. The second-order valence-corrected chi connectivity index (χ2v) is 3.53. The number of nitrogens with zero attached hydrogens (tertiary/aromatic N) is 2. The summed E-state index contributed by atoms with van der Waals surface area (Å²) in [5.74, 6) is 0.237. The fraction of sp³-hybridized carbons (Fsp3) is 0.231. The van der Waals surface area contributed by atoms with Gasteiger partial charge in [-0.3, -0.25) is 0 Å². The molecule has 94 valence electrons. The molecule has 1 aromatic carbocycles. The van der Waals surface area contributed by atoms with E-state index in [1.165, 1.54) is 0 Å². The lowest BCUT2D eigenvalue weighted by Crippen LogP contribution is -2.15. The van der Waals surface area contributed by atoms with Crippen molar-refractivity contribution < 1.29 is 14.3 Å². The Kier molecular flexibility index (Phi) is 3.96. The highest BCUT2D eigenvalue weighted by atomic mass is 16.6. The van der Waals surface area contributed by atoms with E-state index in [9.17, 15) is 4.79 Å². The molecular weight excluding hydrogens is 232 g/mol. The Morgan fingerprint density at radius 1 is 1.39 bits per heavy atom. The second kappa shape index (κ2) is 5.86. The number of para-hydroxylation sites is 2. The summed E-state index contributed by atoms with van der Waals surface area (Å²) in [7, 11) is 0. The molecule has 0 radical (unpaired) electrons. The zero-order valence-corrected chi connectivity index (χ0v) is 10.1. The van der Waals surface area contributed by atoms with Gasteiger partial charge in [-0.25, -0.2) is 9.78 Å². The van der Waals surface area contributed by atoms with Crippen molar-refractivity contribution in [3.63, 3.8) is 0 Å². The van der Waals surface area contributed by atoms with Gasteiger partial charge >= 0.3 is 5.97 Å². The highest BCUT2D eigenvalue weighted by Crippen LogP contribution is 2.21. The van der Waals surface area contributed by atoms with Gasteiger partial charge in [-0.15, -0.1) is 0 Å². The Labute approximate surface area is 105 Å². The first kappa shape index (κ1) is 12.2. The molecule has 0 N–H and O–H groups in total. The maximum absolute atomic E-state index is 11.2. The van der Waals surface area contributed by atoms with Gasteiger partial charge in [0.25, 0.3) is 0 Å². The normalized spacial score (nSPS) is 10.1. The largest absolute Gasteiger partial charge is 0.480 e. The minimum Gasteiger partial charge on any atom is -0.480 e. The van der Waals surface area contributed by atoms with Crippen molar-refractivity contribution in [1.82, 2.24) is 9.55 Å². The van der Waals surface area contributed by atoms with Crippen molar-refractivity contribution in [2.45, 2.75) is 6.92 Å². The third-order valence-electron chi connectivity index (χ3n) is 2.30. The van der Waals surface area contributed by atoms with Gasteiger partial charge in [0.1, 0.15) is 5.75 Å². The van der Waals surface area contributed by atoms with Gasteiger partial charge < -0.3 is 14.0 Å². The molecule has 0 spiro atoms. The van der Waals surface area contributed by atoms with Crippen LogP contribution < -0.4 is 4.74 Å². The quantitative estimate of drug-likeness (QED) is 0.755. The van der Waals surface area contributed by atoms with E-state index in [-0.39, 0.29) is 12.6 Å². The van der Waals surface area contributed by atoms with Crippen molar-refractivity contribution in [1.29, 1.82) is 0 Å². The summed E-state index contributed by atoms with van der Waals surface area (Å²) >= 11 is 0. The predicted octanol–water partition coefficient (Wildman–Crippen LogP) is 1.81. The summed E-state index contributed by atoms with van der Waals surface area (Å²) in [5.41, 5.74) is 0.833. The zero-order valence-electron chi connectivity index (χ0n) is 10.1. The highest BCUT2D eigenvalue weighted by molar-refractivity contribution is 5.71. The number of hydrogen-bond acceptors (Lipinski definition) is 4. The molecule has 2 aromatic rings. The van der Waals surface area contributed by atoms with Gasteiger partial charge in [0.15, 0.2) is 6.61 Å². The molecule has 0 fully saturated rings. The highest BCUT2D eigenvalue weighted by Gasteiger charge is 2.07. The van der Waals surface area contributed by atoms with Crippen LogP contribution >= 0.6 is 0 Å². The minimum atomic E-state index is -0.377. The molecule has 0 amide bonds. The van der Waals surface area contributed by atoms with Crippen LogP contribution in [0.1, 0.15) is 6.92 Å². The number of carbonyl (C=O) groups excluding carboxylic acids is 1. The number of rotatable bonds is 5. The summed E-state index contributed by atoms with van der Waals surface area (Å²) in [6.07, 6.45) is 5.17. The number of imidazole rings is 1. The first-order chi connectivity index (χ1) is 8.81. The van der Waals surface area contributed by atoms with Crippen molar-refractivity contribution in [2.24, 2.45) is 0 Å². The van der Waals surface area contributed by atoms with Crippen LogP contribution in [0.2, 0.25) is 0 Å². The van der Waals surface area contributed by atoms with E-state index < -0.39 is 0 Å². The molecule has 0 aliphatic rings. The molecular formula is C13H14N2O3. The number of aromatic nitrogens is 2. The molecule has 1 heterocycles. The smallest absolute Gasteiger partial charge is 0.344 e. The predicted molar refractivity (Wildman–Crippen MR) is 65.7 cm³/mol. The van der Waals surface area contributed by atoms with Gasteiger partial charge in [-0.2, -0.15) is 0 Å². The first-order valence-corrected chi connectivity index (χ1v) is 5.67. The number of ether oxygens (including phenoxy) is 2. The molecule has 0 aliphatic heterocycles. The van der Waals surface area contributed by atoms with Crippen LogP contribution in [-0.4, -0.2) is 28.7 Å². The fourth-order valence-corrected chi connectivity index (χ4v) is 1.53. The van der Waals surface area contributed by atoms with E-state index in [1.807, 2.05) is 29.0 Å². The lowest BCUT2D eigenvalue weighted by molar-refractivity contribution is -0.145. The monoisotopic (exact) mass is 246 g/mol. The maximum Gasteiger partial charge on any atom is 0.344 e. The van der Waals surface area contributed by atoms with Crippen LogP contribution in [-0.2, 0) is 9.53 Å². The molecule has 2 rings (SSSR count). The summed E-state index contributed by atoms with van der Waals surface area (Å²) < 4.78 is 12.1. The SMILES string of the molecule is CCOC(=O)COc1ccccc1-n1ccnc1. The van der Waals surface area contributed by atoms with E-state index >= 15 is 0 Å². The van der Waals surface area contributed by atoms with Crippen molar-refractivity contribution in [3.05, 3.63) is 43.0 Å². The molecule has 0 saturated heterocycles. The van der Waals surface area contributed by atoms with Crippen LogP contribution in [0.4, 0.5) is 0 Å². The Morgan fingerprint density at radius 2 is 2.22 bits per heavy atom. The van der Waals surface area contributed by atoms with Crippen LogP contribution in [0.5, 0.6) is 5.75 Å². The molecule has 0 aliphatic carbocycles. The molecule has 5 heteroatoms. The van der Waals surface area contributed by atoms with Gasteiger partial charge in [-0.1, -0.05) is 12.1 Å². The van der Waals surface area contributed by atoms with E-state index in [0.29, 0.717) is 12.4 Å². The van der Waals surface area contributed by atoms with E-state index in [1.54, 1.807) is 25.5 Å². The first-order valence-electron chi connectivity index (χ1n) is 5.67. The number of esters is 1. The van der Waals surface area contributed by atoms with Crippen molar-refractivity contribution in [3.8, 4) is 11.4 Å². The molecule has 5 nitrogen and oxygen atoms in total.